The van der Waals surface area contributed by atoms with Crippen molar-refractivity contribution in [3.8, 4) is 6.07 Å². The highest BCUT2D eigenvalue weighted by molar-refractivity contribution is 8.00. The first-order chi connectivity index (χ1) is 20.9. The summed E-state index contributed by atoms with van der Waals surface area (Å²) in [4.78, 5) is 40.8. The van der Waals surface area contributed by atoms with Gasteiger partial charge in [-0.05, 0) is 85.4 Å². The van der Waals surface area contributed by atoms with E-state index in [-0.39, 0.29) is 17.4 Å². The summed E-state index contributed by atoms with van der Waals surface area (Å²) in [6.45, 7) is 0. The summed E-state index contributed by atoms with van der Waals surface area (Å²) in [6, 6.07) is 23.3. The second-order valence-electron chi connectivity index (χ2n) is 9.78. The predicted molar refractivity (Wildman–Crippen MR) is 168 cm³/mol. The van der Waals surface area contributed by atoms with Crippen molar-refractivity contribution < 1.29 is 18.8 Å². The zero-order valence-corrected chi connectivity index (χ0v) is 24.6. The minimum atomic E-state index is -0.570. The number of carbonyl (C=O) groups excluding carboxylic acids is 3. The lowest BCUT2D eigenvalue weighted by molar-refractivity contribution is -0.114. The summed E-state index contributed by atoms with van der Waals surface area (Å²) in [5.41, 5.74) is 2.99. The molecule has 0 atom stereocenters. The molecule has 0 fully saturated rings. The average Bonchev–Trinajstić information content (AvgIpc) is 3.38. The van der Waals surface area contributed by atoms with E-state index in [1.165, 1.54) is 58.3 Å². The van der Waals surface area contributed by atoms with Crippen molar-refractivity contribution >= 4 is 57.6 Å². The second kappa shape index (κ2) is 14.0. The molecule has 1 heterocycles. The maximum absolute atomic E-state index is 13.4. The van der Waals surface area contributed by atoms with Crippen LogP contribution in [-0.2, 0) is 22.4 Å². The number of nitrogens with zero attached hydrogens (tertiary/aromatic N) is 1. The summed E-state index contributed by atoms with van der Waals surface area (Å²) in [6.07, 6.45) is 5.43. The third-order valence-electron chi connectivity index (χ3n) is 6.71. The van der Waals surface area contributed by atoms with Crippen molar-refractivity contribution in [2.45, 2.75) is 30.6 Å². The molecule has 1 aliphatic rings. The topological polar surface area (TPSA) is 111 Å². The van der Waals surface area contributed by atoms with Crippen molar-refractivity contribution in [3.63, 3.8) is 0 Å². The molecule has 3 aromatic carbocycles. The zero-order valence-electron chi connectivity index (χ0n) is 23.0. The first-order valence-corrected chi connectivity index (χ1v) is 15.4. The molecule has 216 valence electrons. The van der Waals surface area contributed by atoms with Gasteiger partial charge in [-0.15, -0.1) is 23.1 Å². The van der Waals surface area contributed by atoms with E-state index in [1.54, 1.807) is 48.5 Å². The smallest absolute Gasteiger partial charge is 0.272 e. The van der Waals surface area contributed by atoms with Gasteiger partial charge < -0.3 is 16.0 Å². The Morgan fingerprint density at radius 3 is 2.49 bits per heavy atom. The van der Waals surface area contributed by atoms with Crippen LogP contribution in [0.25, 0.3) is 6.08 Å². The number of hydrogen-bond acceptors (Lipinski definition) is 6. The standard InChI is InChI=1S/C33H27FN4O3S2/c34-23-15-13-21(14-16-23)17-28(37-31(40)22-7-2-1-3-8-22)32(41)36-24-9-6-10-25(18-24)42-20-30(39)38-33-27(19-35)26-11-4-5-12-29(26)43-33/h1-3,6-10,13-18H,4-5,11-12,20H2,(H,36,41)(H,37,40)(H,38,39)/b28-17+. The SMILES string of the molecule is N#Cc1c(NC(=O)CSc2cccc(NC(=O)/C(=C\c3ccc(F)cc3)NC(=O)c3ccccc3)c2)sc2c1CCCC2. The summed E-state index contributed by atoms with van der Waals surface area (Å²) in [5.74, 6) is -1.56. The number of thioether (sulfide) groups is 1. The predicted octanol–water partition coefficient (Wildman–Crippen LogP) is 6.78. The van der Waals surface area contributed by atoms with Crippen molar-refractivity contribution in [2.24, 2.45) is 0 Å². The van der Waals surface area contributed by atoms with Gasteiger partial charge >= 0.3 is 0 Å². The number of fused-ring (bicyclic) bond motifs is 1. The van der Waals surface area contributed by atoms with Gasteiger partial charge in [-0.2, -0.15) is 5.26 Å². The lowest BCUT2D eigenvalue weighted by Gasteiger charge is -2.12. The second-order valence-corrected chi connectivity index (χ2v) is 11.9. The van der Waals surface area contributed by atoms with E-state index in [0.717, 1.165) is 36.1 Å². The molecular formula is C33H27FN4O3S2. The number of benzene rings is 3. The van der Waals surface area contributed by atoms with Crippen LogP contribution in [0.5, 0.6) is 0 Å². The molecule has 1 aromatic heterocycles. The van der Waals surface area contributed by atoms with Crippen LogP contribution in [0.4, 0.5) is 15.1 Å². The van der Waals surface area contributed by atoms with Crippen LogP contribution in [0.3, 0.4) is 0 Å². The Hall–Kier alpha value is -4.72. The number of nitriles is 1. The van der Waals surface area contributed by atoms with E-state index in [0.29, 0.717) is 27.4 Å². The van der Waals surface area contributed by atoms with Crippen molar-refractivity contribution in [3.05, 3.63) is 118 Å². The number of halogens is 1. The van der Waals surface area contributed by atoms with Gasteiger partial charge in [0, 0.05) is 21.0 Å². The van der Waals surface area contributed by atoms with Crippen LogP contribution in [0.15, 0.2) is 89.5 Å². The molecule has 7 nitrogen and oxygen atoms in total. The van der Waals surface area contributed by atoms with E-state index in [9.17, 15) is 24.0 Å². The Bertz CT molecular complexity index is 1730. The minimum absolute atomic E-state index is 0.0233. The molecule has 43 heavy (non-hydrogen) atoms. The number of aryl methyl sites for hydroxylation is 1. The summed E-state index contributed by atoms with van der Waals surface area (Å²) >= 11 is 2.78. The van der Waals surface area contributed by atoms with Crippen molar-refractivity contribution in [2.75, 3.05) is 16.4 Å². The number of nitrogens with one attached hydrogen (secondary N) is 3. The first-order valence-electron chi connectivity index (χ1n) is 13.6. The number of rotatable bonds is 9. The van der Waals surface area contributed by atoms with Crippen LogP contribution in [0.1, 0.15) is 44.8 Å². The van der Waals surface area contributed by atoms with Crippen LogP contribution in [0.2, 0.25) is 0 Å². The number of thiophene rings is 1. The van der Waals surface area contributed by atoms with Gasteiger partial charge in [0.25, 0.3) is 11.8 Å². The largest absolute Gasteiger partial charge is 0.321 e. The highest BCUT2D eigenvalue weighted by Crippen LogP contribution is 2.37. The Morgan fingerprint density at radius 1 is 0.953 bits per heavy atom. The summed E-state index contributed by atoms with van der Waals surface area (Å²) in [5, 5.41) is 18.6. The van der Waals surface area contributed by atoms with E-state index in [2.05, 4.69) is 22.0 Å². The average molecular weight is 611 g/mol. The molecule has 0 saturated carbocycles. The van der Waals surface area contributed by atoms with E-state index in [1.807, 2.05) is 6.07 Å². The maximum atomic E-state index is 13.4. The first kappa shape index (κ1) is 29.8. The quantitative estimate of drug-likeness (QED) is 0.143. The van der Waals surface area contributed by atoms with Gasteiger partial charge in [0.15, 0.2) is 0 Å². The molecule has 0 spiro atoms. The molecule has 3 N–H and O–H groups in total. The summed E-state index contributed by atoms with van der Waals surface area (Å²) < 4.78 is 13.4. The number of amides is 3. The summed E-state index contributed by atoms with van der Waals surface area (Å²) in [7, 11) is 0. The number of anilines is 2. The van der Waals surface area contributed by atoms with Crippen LogP contribution in [0, 0.1) is 17.1 Å². The third kappa shape index (κ3) is 7.77. The van der Waals surface area contributed by atoms with Crippen LogP contribution < -0.4 is 16.0 Å². The molecule has 4 aromatic rings. The van der Waals surface area contributed by atoms with E-state index in [4.69, 9.17) is 0 Å². The Morgan fingerprint density at radius 2 is 1.72 bits per heavy atom. The highest BCUT2D eigenvalue weighted by atomic mass is 32.2. The lowest BCUT2D eigenvalue weighted by Crippen LogP contribution is -2.30. The molecule has 0 bridgehead atoms. The molecule has 3 amide bonds. The molecule has 0 saturated heterocycles. The molecule has 1 aliphatic carbocycles. The van der Waals surface area contributed by atoms with Crippen LogP contribution in [-0.4, -0.2) is 23.5 Å². The fraction of sp³-hybridized carbons (Fsp3) is 0.152. The monoisotopic (exact) mass is 610 g/mol. The van der Waals surface area contributed by atoms with Gasteiger partial charge in [0.2, 0.25) is 5.91 Å². The number of carbonyl (C=O) groups is 3. The van der Waals surface area contributed by atoms with Gasteiger partial charge in [-0.25, -0.2) is 4.39 Å². The van der Waals surface area contributed by atoms with Gasteiger partial charge in [0.05, 0.1) is 11.3 Å². The maximum Gasteiger partial charge on any atom is 0.272 e. The van der Waals surface area contributed by atoms with Gasteiger partial charge in [0.1, 0.15) is 22.6 Å². The van der Waals surface area contributed by atoms with Gasteiger partial charge in [-0.1, -0.05) is 36.4 Å². The molecule has 0 radical (unpaired) electrons. The highest BCUT2D eigenvalue weighted by Gasteiger charge is 2.22. The van der Waals surface area contributed by atoms with E-state index >= 15 is 0 Å². The van der Waals surface area contributed by atoms with Gasteiger partial charge in [-0.3, -0.25) is 14.4 Å². The van der Waals surface area contributed by atoms with Crippen molar-refractivity contribution in [1.82, 2.24) is 5.32 Å². The molecule has 10 heteroatoms. The number of hydrogen-bond donors (Lipinski definition) is 3. The Labute approximate surface area is 256 Å². The Balaban J connectivity index is 1.25. The molecule has 0 unspecified atom stereocenters. The minimum Gasteiger partial charge on any atom is -0.321 e. The lowest BCUT2D eigenvalue weighted by atomic mass is 9.96. The normalized spacial score (nSPS) is 12.5. The van der Waals surface area contributed by atoms with Crippen molar-refractivity contribution in [1.29, 1.82) is 5.26 Å². The van der Waals surface area contributed by atoms with Crippen LogP contribution >= 0.6 is 23.1 Å². The fourth-order valence-corrected chi connectivity index (χ4v) is 6.62. The molecule has 5 rings (SSSR count). The third-order valence-corrected chi connectivity index (χ3v) is 8.91. The zero-order chi connectivity index (χ0) is 30.2. The van der Waals surface area contributed by atoms with E-state index < -0.39 is 17.6 Å². The molecule has 0 aliphatic heterocycles. The fourth-order valence-electron chi connectivity index (χ4n) is 4.61. The molecular weight excluding hydrogens is 584 g/mol. The Kier molecular flexibility index (Phi) is 9.66.